The van der Waals surface area contributed by atoms with Crippen LogP contribution in [0.5, 0.6) is 0 Å². The SMILES string of the molecule is c1ccc(C2CCCc3cnoc32)cc1. The van der Waals surface area contributed by atoms with Gasteiger partial charge in [-0.15, -0.1) is 0 Å². The van der Waals surface area contributed by atoms with Gasteiger partial charge >= 0.3 is 0 Å². The van der Waals surface area contributed by atoms with Crippen LogP contribution >= 0.6 is 0 Å². The fourth-order valence-corrected chi connectivity index (χ4v) is 2.38. The van der Waals surface area contributed by atoms with E-state index in [1.54, 1.807) is 0 Å². The predicted octanol–water partition coefficient (Wildman–Crippen LogP) is 3.14. The van der Waals surface area contributed by atoms with E-state index in [1.165, 1.54) is 24.0 Å². The lowest BCUT2D eigenvalue weighted by molar-refractivity contribution is 0.356. The number of benzene rings is 1. The molecular formula is C13H13NO. The molecular weight excluding hydrogens is 186 g/mol. The standard InChI is InChI=1S/C13H13NO/c1-2-5-10(6-3-1)12-8-4-7-11-9-14-15-13(11)12/h1-3,5-6,9,12H,4,7-8H2. The van der Waals surface area contributed by atoms with E-state index in [0.29, 0.717) is 5.92 Å². The Morgan fingerprint density at radius 2 is 2.07 bits per heavy atom. The van der Waals surface area contributed by atoms with Crippen LogP contribution in [-0.2, 0) is 6.42 Å². The molecule has 0 radical (unpaired) electrons. The Morgan fingerprint density at radius 3 is 2.93 bits per heavy atom. The molecule has 0 N–H and O–H groups in total. The van der Waals surface area contributed by atoms with Crippen molar-refractivity contribution in [1.82, 2.24) is 5.16 Å². The minimum absolute atomic E-state index is 0.414. The molecule has 1 aliphatic rings. The average Bonchev–Trinajstić information content (AvgIpc) is 2.78. The highest BCUT2D eigenvalue weighted by Gasteiger charge is 2.25. The van der Waals surface area contributed by atoms with E-state index in [-0.39, 0.29) is 0 Å². The van der Waals surface area contributed by atoms with E-state index in [4.69, 9.17) is 4.52 Å². The van der Waals surface area contributed by atoms with Crippen LogP contribution in [0.15, 0.2) is 41.1 Å². The lowest BCUT2D eigenvalue weighted by Gasteiger charge is -2.19. The van der Waals surface area contributed by atoms with Crippen molar-refractivity contribution in [3.8, 4) is 0 Å². The van der Waals surface area contributed by atoms with E-state index >= 15 is 0 Å². The molecule has 1 aromatic carbocycles. The first-order valence-electron chi connectivity index (χ1n) is 5.43. The normalized spacial score (nSPS) is 19.9. The molecule has 1 atom stereocenters. The van der Waals surface area contributed by atoms with E-state index in [9.17, 15) is 0 Å². The van der Waals surface area contributed by atoms with Crippen LogP contribution in [0.25, 0.3) is 0 Å². The van der Waals surface area contributed by atoms with E-state index in [2.05, 4.69) is 29.4 Å². The van der Waals surface area contributed by atoms with Gasteiger partial charge in [0, 0.05) is 11.5 Å². The van der Waals surface area contributed by atoms with Crippen LogP contribution in [0.1, 0.15) is 35.6 Å². The van der Waals surface area contributed by atoms with Crippen molar-refractivity contribution in [3.63, 3.8) is 0 Å². The Kier molecular flexibility index (Phi) is 2.05. The lowest BCUT2D eigenvalue weighted by atomic mass is 9.84. The van der Waals surface area contributed by atoms with Crippen molar-refractivity contribution in [2.75, 3.05) is 0 Å². The Balaban J connectivity index is 2.03. The number of hydrogen-bond donors (Lipinski definition) is 0. The lowest BCUT2D eigenvalue weighted by Crippen LogP contribution is -2.08. The first-order valence-corrected chi connectivity index (χ1v) is 5.43. The zero-order chi connectivity index (χ0) is 10.1. The average molecular weight is 199 g/mol. The summed E-state index contributed by atoms with van der Waals surface area (Å²) in [5.74, 6) is 1.49. The molecule has 0 amide bonds. The van der Waals surface area contributed by atoms with Gasteiger partial charge < -0.3 is 4.52 Å². The second-order valence-electron chi connectivity index (χ2n) is 4.07. The minimum Gasteiger partial charge on any atom is -0.360 e. The summed E-state index contributed by atoms with van der Waals surface area (Å²) in [6.07, 6.45) is 5.38. The van der Waals surface area contributed by atoms with Crippen LogP contribution in [0, 0.1) is 0 Å². The summed E-state index contributed by atoms with van der Waals surface area (Å²) < 4.78 is 5.37. The van der Waals surface area contributed by atoms with E-state index in [1.807, 2.05) is 12.3 Å². The summed E-state index contributed by atoms with van der Waals surface area (Å²) in [7, 11) is 0. The minimum atomic E-state index is 0.414. The second-order valence-corrected chi connectivity index (χ2v) is 4.07. The number of rotatable bonds is 1. The van der Waals surface area contributed by atoms with E-state index in [0.717, 1.165) is 12.2 Å². The fraction of sp³-hybridized carbons (Fsp3) is 0.308. The molecule has 0 saturated carbocycles. The molecule has 76 valence electrons. The molecule has 0 bridgehead atoms. The summed E-state index contributed by atoms with van der Waals surface area (Å²) in [6.45, 7) is 0. The van der Waals surface area contributed by atoms with Gasteiger partial charge in [0.25, 0.3) is 0 Å². The van der Waals surface area contributed by atoms with Gasteiger partial charge in [0.05, 0.1) is 6.20 Å². The Bertz CT molecular complexity index is 447. The zero-order valence-corrected chi connectivity index (χ0v) is 8.52. The van der Waals surface area contributed by atoms with Gasteiger partial charge in [-0.25, -0.2) is 0 Å². The number of fused-ring (bicyclic) bond motifs is 1. The van der Waals surface area contributed by atoms with Crippen molar-refractivity contribution in [2.24, 2.45) is 0 Å². The first kappa shape index (κ1) is 8.72. The summed E-state index contributed by atoms with van der Waals surface area (Å²) in [6, 6.07) is 10.6. The third-order valence-corrected chi connectivity index (χ3v) is 3.13. The highest BCUT2D eigenvalue weighted by molar-refractivity contribution is 5.32. The smallest absolute Gasteiger partial charge is 0.147 e. The zero-order valence-electron chi connectivity index (χ0n) is 8.52. The molecule has 3 rings (SSSR count). The number of aryl methyl sites for hydroxylation is 1. The van der Waals surface area contributed by atoms with Crippen LogP contribution in [0.3, 0.4) is 0 Å². The highest BCUT2D eigenvalue weighted by Crippen LogP contribution is 2.36. The summed E-state index contributed by atoms with van der Waals surface area (Å²) in [5, 5.41) is 3.90. The Hall–Kier alpha value is -1.57. The van der Waals surface area contributed by atoms with Crippen molar-refractivity contribution in [1.29, 1.82) is 0 Å². The van der Waals surface area contributed by atoms with Gasteiger partial charge in [-0.1, -0.05) is 35.5 Å². The molecule has 1 heterocycles. The Labute approximate surface area is 88.9 Å². The molecule has 1 unspecified atom stereocenters. The van der Waals surface area contributed by atoms with Crippen molar-refractivity contribution in [3.05, 3.63) is 53.4 Å². The molecule has 0 fully saturated rings. The van der Waals surface area contributed by atoms with Gasteiger partial charge in [-0.3, -0.25) is 0 Å². The van der Waals surface area contributed by atoms with E-state index < -0.39 is 0 Å². The second kappa shape index (κ2) is 3.54. The summed E-state index contributed by atoms with van der Waals surface area (Å²) >= 11 is 0. The monoisotopic (exact) mass is 199 g/mol. The first-order chi connectivity index (χ1) is 7.45. The van der Waals surface area contributed by atoms with Gasteiger partial charge in [0.1, 0.15) is 5.76 Å². The molecule has 0 spiro atoms. The van der Waals surface area contributed by atoms with Crippen LogP contribution in [-0.4, -0.2) is 5.16 Å². The number of aromatic nitrogens is 1. The fourth-order valence-electron chi connectivity index (χ4n) is 2.38. The number of hydrogen-bond acceptors (Lipinski definition) is 2. The molecule has 2 aromatic rings. The van der Waals surface area contributed by atoms with Crippen molar-refractivity contribution in [2.45, 2.75) is 25.2 Å². The topological polar surface area (TPSA) is 26.0 Å². The molecule has 15 heavy (non-hydrogen) atoms. The summed E-state index contributed by atoms with van der Waals surface area (Å²) in [4.78, 5) is 0. The largest absolute Gasteiger partial charge is 0.360 e. The third-order valence-electron chi connectivity index (χ3n) is 3.13. The van der Waals surface area contributed by atoms with Crippen molar-refractivity contribution >= 4 is 0 Å². The van der Waals surface area contributed by atoms with Gasteiger partial charge in [-0.2, -0.15) is 0 Å². The molecule has 1 aromatic heterocycles. The maximum atomic E-state index is 5.37. The predicted molar refractivity (Wildman–Crippen MR) is 57.7 cm³/mol. The summed E-state index contributed by atoms with van der Waals surface area (Å²) in [5.41, 5.74) is 2.63. The van der Waals surface area contributed by atoms with Gasteiger partial charge in [0.2, 0.25) is 0 Å². The maximum absolute atomic E-state index is 5.37. The maximum Gasteiger partial charge on any atom is 0.147 e. The quantitative estimate of drug-likeness (QED) is 0.705. The molecule has 2 nitrogen and oxygen atoms in total. The van der Waals surface area contributed by atoms with Crippen molar-refractivity contribution < 1.29 is 4.52 Å². The third kappa shape index (κ3) is 1.46. The Morgan fingerprint density at radius 1 is 1.20 bits per heavy atom. The van der Waals surface area contributed by atoms with Gasteiger partial charge in [-0.05, 0) is 24.8 Å². The van der Waals surface area contributed by atoms with Crippen LogP contribution in [0.2, 0.25) is 0 Å². The highest BCUT2D eigenvalue weighted by atomic mass is 16.5. The van der Waals surface area contributed by atoms with Crippen LogP contribution < -0.4 is 0 Å². The number of nitrogens with zero attached hydrogens (tertiary/aromatic N) is 1. The molecule has 0 saturated heterocycles. The van der Waals surface area contributed by atoms with Gasteiger partial charge in [0.15, 0.2) is 0 Å². The molecule has 0 aliphatic heterocycles. The van der Waals surface area contributed by atoms with Crippen LogP contribution in [0.4, 0.5) is 0 Å². The molecule has 2 heteroatoms. The molecule has 1 aliphatic carbocycles.